The van der Waals surface area contributed by atoms with E-state index in [-0.39, 0.29) is 12.4 Å². The molecule has 0 atom stereocenters. The summed E-state index contributed by atoms with van der Waals surface area (Å²) in [5.74, 6) is 0.769. The van der Waals surface area contributed by atoms with Gasteiger partial charge >= 0.3 is 0 Å². The molecule has 0 saturated carbocycles. The zero-order valence-corrected chi connectivity index (χ0v) is 11.1. The molecular weight excluding hydrogens is 245 g/mol. The molecule has 4 heteroatoms. The molecule has 1 rings (SSSR count). The van der Waals surface area contributed by atoms with Gasteiger partial charge in [0.15, 0.2) is 0 Å². The second kappa shape index (κ2) is 8.68. The van der Waals surface area contributed by atoms with Crippen LogP contribution in [0.15, 0.2) is 18.2 Å². The first-order valence-electron chi connectivity index (χ1n) is 5.39. The van der Waals surface area contributed by atoms with E-state index < -0.39 is 0 Å². The van der Waals surface area contributed by atoms with Crippen LogP contribution in [0.3, 0.4) is 0 Å². The minimum absolute atomic E-state index is 0. The summed E-state index contributed by atoms with van der Waals surface area (Å²) < 4.78 is 5.55. The molecule has 16 heavy (non-hydrogen) atoms. The molecule has 0 unspecified atom stereocenters. The summed E-state index contributed by atoms with van der Waals surface area (Å²) in [6, 6.07) is 5.86. The quantitative estimate of drug-likeness (QED) is 0.799. The van der Waals surface area contributed by atoms with Gasteiger partial charge in [0.2, 0.25) is 0 Å². The highest BCUT2D eigenvalue weighted by atomic mass is 35.5. The number of halogens is 2. The van der Waals surface area contributed by atoms with Crippen LogP contribution in [0.4, 0.5) is 0 Å². The lowest BCUT2D eigenvalue weighted by atomic mass is 10.1. The molecule has 1 aromatic rings. The van der Waals surface area contributed by atoms with Gasteiger partial charge in [0.05, 0.1) is 11.6 Å². The Morgan fingerprint density at radius 2 is 2.12 bits per heavy atom. The summed E-state index contributed by atoms with van der Waals surface area (Å²) >= 11 is 6.08. The molecule has 0 heterocycles. The van der Waals surface area contributed by atoms with E-state index >= 15 is 0 Å². The Kier molecular flexibility index (Phi) is 8.44. The van der Waals surface area contributed by atoms with E-state index in [2.05, 4.69) is 6.92 Å². The van der Waals surface area contributed by atoms with Crippen LogP contribution in [-0.4, -0.2) is 13.2 Å². The van der Waals surface area contributed by atoms with Crippen molar-refractivity contribution in [2.24, 2.45) is 5.73 Å². The van der Waals surface area contributed by atoms with Gasteiger partial charge in [0.25, 0.3) is 0 Å². The fraction of sp³-hybridized carbons (Fsp3) is 0.500. The first kappa shape index (κ1) is 15.6. The van der Waals surface area contributed by atoms with Crippen molar-refractivity contribution in [3.63, 3.8) is 0 Å². The lowest BCUT2D eigenvalue weighted by Gasteiger charge is -2.08. The molecule has 0 amide bonds. The molecule has 0 bridgehead atoms. The van der Waals surface area contributed by atoms with E-state index in [1.165, 1.54) is 0 Å². The molecular formula is C12H19Cl2NO. The van der Waals surface area contributed by atoms with Gasteiger partial charge in [-0.15, -0.1) is 12.4 Å². The fourth-order valence-electron chi connectivity index (χ4n) is 1.31. The van der Waals surface area contributed by atoms with Crippen LogP contribution in [0.25, 0.3) is 0 Å². The molecule has 2 nitrogen and oxygen atoms in total. The van der Waals surface area contributed by atoms with E-state index in [4.69, 9.17) is 22.1 Å². The van der Waals surface area contributed by atoms with Gasteiger partial charge in [-0.25, -0.2) is 0 Å². The van der Waals surface area contributed by atoms with Crippen molar-refractivity contribution in [2.75, 3.05) is 13.2 Å². The van der Waals surface area contributed by atoms with Crippen LogP contribution in [-0.2, 0) is 6.42 Å². The third-order valence-electron chi connectivity index (χ3n) is 2.18. The zero-order valence-electron chi connectivity index (χ0n) is 9.54. The maximum absolute atomic E-state index is 6.08. The minimum Gasteiger partial charge on any atom is -0.492 e. The van der Waals surface area contributed by atoms with Crippen LogP contribution in [0.1, 0.15) is 25.3 Å². The molecule has 0 fully saturated rings. The summed E-state index contributed by atoms with van der Waals surface area (Å²) in [5, 5.41) is 0.678. The third-order valence-corrected chi connectivity index (χ3v) is 2.48. The number of hydrogen-bond acceptors (Lipinski definition) is 2. The van der Waals surface area contributed by atoms with E-state index in [0.29, 0.717) is 11.6 Å². The molecule has 0 spiro atoms. The van der Waals surface area contributed by atoms with Gasteiger partial charge in [0, 0.05) is 0 Å². The average Bonchev–Trinajstić information content (AvgIpc) is 2.22. The van der Waals surface area contributed by atoms with Gasteiger partial charge < -0.3 is 10.5 Å². The third kappa shape index (κ3) is 5.06. The lowest BCUT2D eigenvalue weighted by Crippen LogP contribution is -2.03. The van der Waals surface area contributed by atoms with E-state index in [0.717, 1.165) is 37.2 Å². The fourth-order valence-corrected chi connectivity index (χ4v) is 1.57. The second-order valence-electron chi connectivity index (χ2n) is 3.51. The highest BCUT2D eigenvalue weighted by molar-refractivity contribution is 6.32. The maximum atomic E-state index is 6.08. The van der Waals surface area contributed by atoms with Gasteiger partial charge in [-0.05, 0) is 37.1 Å². The summed E-state index contributed by atoms with van der Waals surface area (Å²) in [6.07, 6.45) is 3.04. The standard InChI is InChI=1S/C12H18ClNO.ClH/c1-2-3-8-15-12-5-4-10(6-7-14)9-11(12)13;/h4-5,9H,2-3,6-8,14H2,1H3;1H. The second-order valence-corrected chi connectivity index (χ2v) is 3.91. The first-order valence-corrected chi connectivity index (χ1v) is 5.77. The van der Waals surface area contributed by atoms with Crippen molar-refractivity contribution in [3.8, 4) is 5.75 Å². The number of nitrogens with two attached hydrogens (primary N) is 1. The topological polar surface area (TPSA) is 35.2 Å². The number of ether oxygens (including phenoxy) is 1. The summed E-state index contributed by atoms with van der Waals surface area (Å²) in [7, 11) is 0. The Morgan fingerprint density at radius 3 is 2.69 bits per heavy atom. The molecule has 0 aromatic heterocycles. The maximum Gasteiger partial charge on any atom is 0.137 e. The SMILES string of the molecule is CCCCOc1ccc(CCN)cc1Cl.Cl. The van der Waals surface area contributed by atoms with Crippen LogP contribution < -0.4 is 10.5 Å². The van der Waals surface area contributed by atoms with Crippen LogP contribution in [0.5, 0.6) is 5.75 Å². The number of hydrogen-bond donors (Lipinski definition) is 1. The van der Waals surface area contributed by atoms with Gasteiger partial charge in [-0.2, -0.15) is 0 Å². The Hall–Kier alpha value is -0.440. The van der Waals surface area contributed by atoms with Gasteiger partial charge in [0.1, 0.15) is 5.75 Å². The van der Waals surface area contributed by atoms with Crippen molar-refractivity contribution in [1.29, 1.82) is 0 Å². The van der Waals surface area contributed by atoms with Crippen LogP contribution in [0, 0.1) is 0 Å². The Labute approximate surface area is 109 Å². The molecule has 0 aliphatic carbocycles. The van der Waals surface area contributed by atoms with Gasteiger partial charge in [-0.3, -0.25) is 0 Å². The summed E-state index contributed by atoms with van der Waals surface area (Å²) in [6.45, 7) is 3.51. The summed E-state index contributed by atoms with van der Waals surface area (Å²) in [4.78, 5) is 0. The molecule has 0 saturated heterocycles. The Bertz CT molecular complexity index is 305. The van der Waals surface area contributed by atoms with E-state index in [1.54, 1.807) is 0 Å². The highest BCUT2D eigenvalue weighted by Crippen LogP contribution is 2.25. The van der Waals surface area contributed by atoms with Gasteiger partial charge in [-0.1, -0.05) is 31.0 Å². The van der Waals surface area contributed by atoms with Crippen molar-refractivity contribution >= 4 is 24.0 Å². The monoisotopic (exact) mass is 263 g/mol. The van der Waals surface area contributed by atoms with Crippen molar-refractivity contribution in [3.05, 3.63) is 28.8 Å². The Morgan fingerprint density at radius 1 is 1.38 bits per heavy atom. The van der Waals surface area contributed by atoms with Crippen LogP contribution in [0.2, 0.25) is 5.02 Å². The number of unbranched alkanes of at least 4 members (excludes halogenated alkanes) is 1. The van der Waals surface area contributed by atoms with E-state index in [1.807, 2.05) is 18.2 Å². The Balaban J connectivity index is 0.00000225. The lowest BCUT2D eigenvalue weighted by molar-refractivity contribution is 0.309. The largest absolute Gasteiger partial charge is 0.492 e. The molecule has 92 valence electrons. The molecule has 0 radical (unpaired) electrons. The molecule has 2 N–H and O–H groups in total. The van der Waals surface area contributed by atoms with Crippen molar-refractivity contribution < 1.29 is 4.74 Å². The van der Waals surface area contributed by atoms with Crippen molar-refractivity contribution in [2.45, 2.75) is 26.2 Å². The predicted octanol–water partition coefficient (Wildman–Crippen LogP) is 3.44. The van der Waals surface area contributed by atoms with Crippen LogP contribution >= 0.6 is 24.0 Å². The average molecular weight is 264 g/mol. The molecule has 0 aliphatic heterocycles. The first-order chi connectivity index (χ1) is 7.27. The number of rotatable bonds is 6. The van der Waals surface area contributed by atoms with E-state index in [9.17, 15) is 0 Å². The number of benzene rings is 1. The van der Waals surface area contributed by atoms with Crippen molar-refractivity contribution in [1.82, 2.24) is 0 Å². The summed E-state index contributed by atoms with van der Waals surface area (Å²) in [5.41, 5.74) is 6.63. The zero-order chi connectivity index (χ0) is 11.1. The molecule has 1 aromatic carbocycles. The minimum atomic E-state index is 0. The normalized spacial score (nSPS) is 9.69. The smallest absolute Gasteiger partial charge is 0.137 e. The molecule has 0 aliphatic rings. The predicted molar refractivity (Wildman–Crippen MR) is 71.9 cm³/mol. The highest BCUT2D eigenvalue weighted by Gasteiger charge is 2.02.